The van der Waals surface area contributed by atoms with E-state index in [-0.39, 0.29) is 6.04 Å². The zero-order valence-corrected chi connectivity index (χ0v) is 10.6. The molecule has 3 unspecified atom stereocenters. The number of carbonyl (C=O) groups is 3. The van der Waals surface area contributed by atoms with E-state index in [4.69, 9.17) is 5.11 Å². The third-order valence-corrected chi connectivity index (χ3v) is 3.77. The van der Waals surface area contributed by atoms with Crippen LogP contribution in [0.1, 0.15) is 25.7 Å². The monoisotopic (exact) mass is 270 g/mol. The quantitative estimate of drug-likeness (QED) is 0.657. The number of urea groups is 1. The molecule has 0 aliphatic heterocycles. The van der Waals surface area contributed by atoms with E-state index in [2.05, 4.69) is 15.4 Å². The maximum absolute atomic E-state index is 11.6. The van der Waals surface area contributed by atoms with Gasteiger partial charge in [-0.25, -0.2) is 9.59 Å². The molecule has 2 fully saturated rings. The number of nitrogens with one attached hydrogen (secondary N) is 2. The Kier molecular flexibility index (Phi) is 4.36. The zero-order chi connectivity index (χ0) is 13.8. The molecule has 19 heavy (non-hydrogen) atoms. The van der Waals surface area contributed by atoms with Crippen LogP contribution in [0.15, 0.2) is 0 Å². The molecule has 0 spiro atoms. The Balaban J connectivity index is 1.64. The predicted octanol–water partition coefficient (Wildman–Crippen LogP) is 0.102. The lowest BCUT2D eigenvalue weighted by Crippen LogP contribution is -2.47. The molecule has 2 saturated carbocycles. The van der Waals surface area contributed by atoms with Crippen molar-refractivity contribution in [3.63, 3.8) is 0 Å². The Morgan fingerprint density at radius 3 is 2.53 bits per heavy atom. The highest BCUT2D eigenvalue weighted by Crippen LogP contribution is 2.44. The van der Waals surface area contributed by atoms with Crippen LogP contribution in [0.25, 0.3) is 0 Å². The molecule has 7 heteroatoms. The molecule has 0 aromatic rings. The molecule has 0 aromatic heterocycles. The average molecular weight is 270 g/mol. The molecule has 3 N–H and O–H groups in total. The van der Waals surface area contributed by atoms with Crippen LogP contribution in [-0.4, -0.2) is 42.3 Å². The first-order valence-electron chi connectivity index (χ1n) is 6.44. The Morgan fingerprint density at radius 1 is 1.16 bits per heavy atom. The molecule has 2 aliphatic rings. The normalized spacial score (nSPS) is 28.1. The summed E-state index contributed by atoms with van der Waals surface area (Å²) >= 11 is 0. The summed E-state index contributed by atoms with van der Waals surface area (Å²) in [7, 11) is 0. The zero-order valence-electron chi connectivity index (χ0n) is 10.6. The Hall–Kier alpha value is -1.63. The number of carboxylic acids is 1. The van der Waals surface area contributed by atoms with Gasteiger partial charge in [0.2, 0.25) is 0 Å². The van der Waals surface area contributed by atoms with E-state index in [0.29, 0.717) is 11.8 Å². The van der Waals surface area contributed by atoms with Crippen molar-refractivity contribution in [2.45, 2.75) is 31.7 Å². The number of rotatable bonds is 5. The van der Waals surface area contributed by atoms with Crippen LogP contribution >= 0.6 is 0 Å². The molecule has 106 valence electrons. The first-order valence-corrected chi connectivity index (χ1v) is 6.44. The van der Waals surface area contributed by atoms with Gasteiger partial charge >= 0.3 is 12.0 Å². The number of carboxylic acid groups (broad SMARTS) is 1. The van der Waals surface area contributed by atoms with Gasteiger partial charge in [-0.05, 0) is 31.1 Å². The van der Waals surface area contributed by atoms with Gasteiger partial charge in [-0.3, -0.25) is 10.1 Å². The lowest BCUT2D eigenvalue weighted by molar-refractivity contribution is -0.143. The number of carbonyl (C=O) groups excluding carboxylic acids is 2. The summed E-state index contributed by atoms with van der Waals surface area (Å²) in [5.41, 5.74) is 0. The number of fused-ring (bicyclic) bond motifs is 2. The third-order valence-electron chi connectivity index (χ3n) is 3.77. The van der Waals surface area contributed by atoms with E-state index in [1.54, 1.807) is 0 Å². The van der Waals surface area contributed by atoms with Crippen molar-refractivity contribution in [3.8, 4) is 0 Å². The van der Waals surface area contributed by atoms with Gasteiger partial charge in [0, 0.05) is 6.04 Å². The number of aliphatic carboxylic acids is 1. The summed E-state index contributed by atoms with van der Waals surface area (Å²) in [4.78, 5) is 33.0. The average Bonchev–Trinajstić information content (AvgIpc) is 2.89. The summed E-state index contributed by atoms with van der Waals surface area (Å²) in [5.74, 6) is -0.542. The van der Waals surface area contributed by atoms with Crippen LogP contribution in [0.5, 0.6) is 0 Å². The molecule has 2 aliphatic carbocycles. The second-order valence-corrected chi connectivity index (χ2v) is 5.19. The second-order valence-electron chi connectivity index (χ2n) is 5.19. The second kappa shape index (κ2) is 6.01. The van der Waals surface area contributed by atoms with Gasteiger partial charge in [-0.15, -0.1) is 0 Å². The van der Waals surface area contributed by atoms with Crippen molar-refractivity contribution in [2.75, 3.05) is 13.2 Å². The van der Waals surface area contributed by atoms with E-state index >= 15 is 0 Å². The van der Waals surface area contributed by atoms with Crippen LogP contribution in [0, 0.1) is 11.8 Å². The van der Waals surface area contributed by atoms with Crippen LogP contribution in [0.2, 0.25) is 0 Å². The van der Waals surface area contributed by atoms with E-state index < -0.39 is 31.1 Å². The molecule has 0 saturated heterocycles. The SMILES string of the molecule is O=C(O)COCC(=O)NC(=O)NC1CC2CCC1C2. The first-order chi connectivity index (χ1) is 9.04. The minimum absolute atomic E-state index is 0.159. The molecule has 7 nitrogen and oxygen atoms in total. The van der Waals surface area contributed by atoms with Crippen molar-refractivity contribution < 1.29 is 24.2 Å². The summed E-state index contributed by atoms with van der Waals surface area (Å²) in [6.07, 6.45) is 4.54. The third kappa shape index (κ3) is 3.92. The van der Waals surface area contributed by atoms with Crippen LogP contribution in [0.4, 0.5) is 4.79 Å². The van der Waals surface area contributed by atoms with Gasteiger partial charge in [0.1, 0.15) is 13.2 Å². The van der Waals surface area contributed by atoms with Crippen molar-refractivity contribution in [1.82, 2.24) is 10.6 Å². The maximum atomic E-state index is 11.6. The number of imide groups is 1. The fourth-order valence-electron chi connectivity index (χ4n) is 3.02. The van der Waals surface area contributed by atoms with Gasteiger partial charge in [-0.2, -0.15) is 0 Å². The molecular weight excluding hydrogens is 252 g/mol. The number of hydrogen-bond acceptors (Lipinski definition) is 4. The fraction of sp³-hybridized carbons (Fsp3) is 0.750. The lowest BCUT2D eigenvalue weighted by atomic mass is 9.95. The largest absolute Gasteiger partial charge is 0.480 e. The number of amides is 3. The summed E-state index contributed by atoms with van der Waals surface area (Å²) < 4.78 is 4.59. The van der Waals surface area contributed by atoms with E-state index in [1.165, 1.54) is 12.8 Å². The molecule has 2 bridgehead atoms. The highest BCUT2D eigenvalue weighted by atomic mass is 16.5. The Labute approximate surface area is 110 Å². The van der Waals surface area contributed by atoms with E-state index in [0.717, 1.165) is 12.8 Å². The predicted molar refractivity (Wildman–Crippen MR) is 64.4 cm³/mol. The van der Waals surface area contributed by atoms with Crippen LogP contribution in [-0.2, 0) is 14.3 Å². The number of hydrogen-bond donors (Lipinski definition) is 3. The van der Waals surface area contributed by atoms with Crippen LogP contribution in [0.3, 0.4) is 0 Å². The topological polar surface area (TPSA) is 105 Å². The standard InChI is InChI=1S/C12H18N2O5/c15-10(5-19-6-11(16)17)14-12(18)13-9-4-7-1-2-8(9)3-7/h7-9H,1-6H2,(H,16,17)(H2,13,14,15,18). The highest BCUT2D eigenvalue weighted by Gasteiger charge is 2.40. The fourth-order valence-corrected chi connectivity index (χ4v) is 3.02. The van der Waals surface area contributed by atoms with E-state index in [9.17, 15) is 14.4 Å². The molecule has 0 aromatic carbocycles. The minimum atomic E-state index is -1.15. The van der Waals surface area contributed by atoms with Gasteiger partial charge in [-0.1, -0.05) is 6.42 Å². The number of ether oxygens (including phenoxy) is 1. The molecule has 2 rings (SSSR count). The summed E-state index contributed by atoms with van der Waals surface area (Å²) in [6, 6.07) is -0.368. The Morgan fingerprint density at radius 2 is 1.95 bits per heavy atom. The highest BCUT2D eigenvalue weighted by molar-refractivity contribution is 5.95. The molecule has 3 atom stereocenters. The molecular formula is C12H18N2O5. The molecule has 0 radical (unpaired) electrons. The van der Waals surface area contributed by atoms with Gasteiger partial charge in [0.05, 0.1) is 0 Å². The van der Waals surface area contributed by atoms with Crippen molar-refractivity contribution in [1.29, 1.82) is 0 Å². The lowest BCUT2D eigenvalue weighted by Gasteiger charge is -2.22. The van der Waals surface area contributed by atoms with E-state index in [1.807, 2.05) is 0 Å². The van der Waals surface area contributed by atoms with Gasteiger partial charge < -0.3 is 15.2 Å². The first kappa shape index (κ1) is 13.8. The van der Waals surface area contributed by atoms with Crippen molar-refractivity contribution in [2.24, 2.45) is 11.8 Å². The Bertz CT molecular complexity index is 384. The smallest absolute Gasteiger partial charge is 0.329 e. The molecule has 0 heterocycles. The maximum Gasteiger partial charge on any atom is 0.329 e. The van der Waals surface area contributed by atoms with Crippen LogP contribution < -0.4 is 10.6 Å². The van der Waals surface area contributed by atoms with Crippen molar-refractivity contribution >= 4 is 17.9 Å². The van der Waals surface area contributed by atoms with Gasteiger partial charge in [0.15, 0.2) is 0 Å². The summed E-state index contributed by atoms with van der Waals surface area (Å²) in [6.45, 7) is -0.988. The van der Waals surface area contributed by atoms with Gasteiger partial charge in [0.25, 0.3) is 5.91 Å². The minimum Gasteiger partial charge on any atom is -0.480 e. The molecule has 3 amide bonds. The summed E-state index contributed by atoms with van der Waals surface area (Å²) in [5, 5.41) is 13.3. The van der Waals surface area contributed by atoms with Crippen molar-refractivity contribution in [3.05, 3.63) is 0 Å².